The van der Waals surface area contributed by atoms with Crippen molar-refractivity contribution >= 4 is 0 Å². The summed E-state index contributed by atoms with van der Waals surface area (Å²) in [5.74, 6) is 0. The summed E-state index contributed by atoms with van der Waals surface area (Å²) in [5.41, 5.74) is 0. The van der Waals surface area contributed by atoms with E-state index in [0.29, 0.717) is 0 Å². The van der Waals surface area contributed by atoms with Crippen molar-refractivity contribution in [3.8, 4) is 0 Å². The number of nitrogens with one attached hydrogen (secondary N) is 1. The van der Waals surface area contributed by atoms with Gasteiger partial charge >= 0.3 is 0 Å². The topological polar surface area (TPSA) is 24.5 Å². The molecule has 2 rings (SSSR count). The number of hydrogen-bond donors (Lipinski definition) is 1. The largest absolute Gasteiger partial charge is 0.381 e. The lowest BCUT2D eigenvalue weighted by molar-refractivity contribution is 0.0400. The van der Waals surface area contributed by atoms with Crippen molar-refractivity contribution in [2.45, 2.75) is 50.6 Å². The van der Waals surface area contributed by atoms with Gasteiger partial charge in [-0.2, -0.15) is 0 Å². The van der Waals surface area contributed by atoms with E-state index < -0.39 is 0 Å². The zero-order valence-corrected chi connectivity index (χ0v) is 10.6. The molecule has 0 aromatic carbocycles. The van der Waals surface area contributed by atoms with Gasteiger partial charge in [0.2, 0.25) is 0 Å². The number of ether oxygens (including phenoxy) is 1. The van der Waals surface area contributed by atoms with Gasteiger partial charge < -0.3 is 15.0 Å². The summed E-state index contributed by atoms with van der Waals surface area (Å²) in [6.45, 7) is 4.33. The molecule has 2 aliphatic heterocycles. The van der Waals surface area contributed by atoms with Crippen molar-refractivity contribution in [1.29, 1.82) is 0 Å². The molecule has 1 unspecified atom stereocenters. The van der Waals surface area contributed by atoms with E-state index in [4.69, 9.17) is 4.74 Å². The van der Waals surface area contributed by atoms with Crippen molar-refractivity contribution in [2.75, 3.05) is 33.4 Å². The molecule has 3 nitrogen and oxygen atoms in total. The fourth-order valence-corrected chi connectivity index (χ4v) is 2.88. The van der Waals surface area contributed by atoms with E-state index in [-0.39, 0.29) is 0 Å². The molecule has 0 radical (unpaired) electrons. The van der Waals surface area contributed by atoms with Crippen LogP contribution in [0.2, 0.25) is 0 Å². The smallest absolute Gasteiger partial charge is 0.0480 e. The molecule has 3 heteroatoms. The average Bonchev–Trinajstić information content (AvgIpc) is 2.59. The van der Waals surface area contributed by atoms with Crippen molar-refractivity contribution in [3.05, 3.63) is 0 Å². The van der Waals surface area contributed by atoms with Gasteiger partial charge in [-0.05, 0) is 39.3 Å². The second-order valence-corrected chi connectivity index (χ2v) is 5.28. The molecular weight excluding hydrogens is 200 g/mol. The van der Waals surface area contributed by atoms with Gasteiger partial charge in [-0.1, -0.05) is 12.8 Å². The highest BCUT2D eigenvalue weighted by molar-refractivity contribution is 4.78. The van der Waals surface area contributed by atoms with E-state index >= 15 is 0 Å². The summed E-state index contributed by atoms with van der Waals surface area (Å²) < 4.78 is 5.42. The Kier molecular flexibility index (Phi) is 5.07. The maximum Gasteiger partial charge on any atom is 0.0480 e. The number of hydrogen-bond acceptors (Lipinski definition) is 3. The Bertz CT molecular complexity index is 184. The second kappa shape index (κ2) is 6.58. The Morgan fingerprint density at radius 1 is 1.12 bits per heavy atom. The summed E-state index contributed by atoms with van der Waals surface area (Å²) in [6, 6.07) is 1.47. The molecule has 94 valence electrons. The van der Waals surface area contributed by atoms with E-state index in [1.54, 1.807) is 0 Å². The zero-order chi connectivity index (χ0) is 11.2. The van der Waals surface area contributed by atoms with Crippen molar-refractivity contribution in [2.24, 2.45) is 0 Å². The molecule has 0 bridgehead atoms. The molecule has 16 heavy (non-hydrogen) atoms. The van der Waals surface area contributed by atoms with Gasteiger partial charge in [-0.3, -0.25) is 0 Å². The van der Waals surface area contributed by atoms with Crippen LogP contribution in [0.25, 0.3) is 0 Å². The molecule has 0 spiro atoms. The second-order valence-electron chi connectivity index (χ2n) is 5.28. The first-order valence-corrected chi connectivity index (χ1v) is 6.87. The molecule has 0 aliphatic carbocycles. The van der Waals surface area contributed by atoms with Gasteiger partial charge in [0.05, 0.1) is 0 Å². The minimum absolute atomic E-state index is 0.718. The van der Waals surface area contributed by atoms with Crippen LogP contribution in [0.3, 0.4) is 0 Å². The van der Waals surface area contributed by atoms with E-state index in [2.05, 4.69) is 17.3 Å². The van der Waals surface area contributed by atoms with Crippen LogP contribution in [0.1, 0.15) is 38.5 Å². The van der Waals surface area contributed by atoms with E-state index in [0.717, 1.165) is 25.3 Å². The van der Waals surface area contributed by atoms with Crippen LogP contribution in [-0.2, 0) is 4.74 Å². The van der Waals surface area contributed by atoms with Gasteiger partial charge in [0, 0.05) is 31.8 Å². The van der Waals surface area contributed by atoms with Crippen LogP contribution in [0, 0.1) is 0 Å². The SMILES string of the molecule is CN(CC1CCCCCN1)C1CCOCC1. The molecule has 2 fully saturated rings. The van der Waals surface area contributed by atoms with Crippen molar-refractivity contribution in [1.82, 2.24) is 10.2 Å². The quantitative estimate of drug-likeness (QED) is 0.791. The Morgan fingerprint density at radius 3 is 2.75 bits per heavy atom. The number of likely N-dealkylation sites (N-methyl/N-ethyl adjacent to an activating group) is 1. The lowest BCUT2D eigenvalue weighted by Gasteiger charge is -2.33. The molecule has 2 aliphatic rings. The van der Waals surface area contributed by atoms with Crippen molar-refractivity contribution in [3.63, 3.8) is 0 Å². The predicted molar refractivity (Wildman–Crippen MR) is 66.7 cm³/mol. The first kappa shape index (κ1) is 12.3. The van der Waals surface area contributed by atoms with Crippen LogP contribution in [0.4, 0.5) is 0 Å². The van der Waals surface area contributed by atoms with Gasteiger partial charge in [-0.15, -0.1) is 0 Å². The fourth-order valence-electron chi connectivity index (χ4n) is 2.88. The standard InChI is InChI=1S/C13H26N2O/c1-15(13-6-9-16-10-7-13)11-12-5-3-2-4-8-14-12/h12-14H,2-11H2,1H3. The Balaban J connectivity index is 1.73. The lowest BCUT2D eigenvalue weighted by atomic mass is 10.1. The molecule has 1 N–H and O–H groups in total. The third-order valence-corrected chi connectivity index (χ3v) is 3.98. The minimum Gasteiger partial charge on any atom is -0.381 e. The monoisotopic (exact) mass is 226 g/mol. The molecule has 2 saturated heterocycles. The van der Waals surface area contributed by atoms with Gasteiger partial charge in [-0.25, -0.2) is 0 Å². The summed E-state index contributed by atoms with van der Waals surface area (Å²) in [5, 5.41) is 3.68. The molecular formula is C13H26N2O. The average molecular weight is 226 g/mol. The molecule has 0 saturated carbocycles. The number of nitrogens with zero attached hydrogens (tertiary/aromatic N) is 1. The maximum atomic E-state index is 5.42. The Morgan fingerprint density at radius 2 is 1.94 bits per heavy atom. The van der Waals surface area contributed by atoms with Crippen LogP contribution < -0.4 is 5.32 Å². The van der Waals surface area contributed by atoms with Gasteiger partial charge in [0.15, 0.2) is 0 Å². The molecule has 0 amide bonds. The predicted octanol–water partition coefficient (Wildman–Crippen LogP) is 1.63. The summed E-state index contributed by atoms with van der Waals surface area (Å²) in [7, 11) is 2.28. The minimum atomic E-state index is 0.718. The normalized spacial score (nSPS) is 29.2. The van der Waals surface area contributed by atoms with E-state index in [1.807, 2.05) is 0 Å². The van der Waals surface area contributed by atoms with Crippen molar-refractivity contribution < 1.29 is 4.74 Å². The molecule has 0 aromatic rings. The first-order chi connectivity index (χ1) is 7.86. The first-order valence-electron chi connectivity index (χ1n) is 6.87. The molecule has 1 atom stereocenters. The van der Waals surface area contributed by atoms with Crippen LogP contribution in [-0.4, -0.2) is 50.3 Å². The summed E-state index contributed by atoms with van der Waals surface area (Å²) >= 11 is 0. The number of rotatable bonds is 3. The van der Waals surface area contributed by atoms with Crippen LogP contribution >= 0.6 is 0 Å². The van der Waals surface area contributed by atoms with Crippen LogP contribution in [0.15, 0.2) is 0 Å². The Hall–Kier alpha value is -0.120. The summed E-state index contributed by atoms with van der Waals surface area (Å²) in [6.07, 6.45) is 7.95. The van der Waals surface area contributed by atoms with Crippen LogP contribution in [0.5, 0.6) is 0 Å². The van der Waals surface area contributed by atoms with E-state index in [9.17, 15) is 0 Å². The highest BCUT2D eigenvalue weighted by atomic mass is 16.5. The Labute approximate surface area is 99.5 Å². The molecule has 0 aromatic heterocycles. The van der Waals surface area contributed by atoms with Gasteiger partial charge in [0.1, 0.15) is 0 Å². The maximum absolute atomic E-state index is 5.42. The fraction of sp³-hybridized carbons (Fsp3) is 1.00. The van der Waals surface area contributed by atoms with Gasteiger partial charge in [0.25, 0.3) is 0 Å². The highest BCUT2D eigenvalue weighted by Crippen LogP contribution is 2.15. The zero-order valence-electron chi connectivity index (χ0n) is 10.6. The molecule has 2 heterocycles. The third kappa shape index (κ3) is 3.72. The third-order valence-electron chi connectivity index (χ3n) is 3.98. The summed E-state index contributed by atoms with van der Waals surface area (Å²) in [4.78, 5) is 2.55. The lowest BCUT2D eigenvalue weighted by Crippen LogP contribution is -2.45. The highest BCUT2D eigenvalue weighted by Gasteiger charge is 2.21. The van der Waals surface area contributed by atoms with E-state index in [1.165, 1.54) is 51.6 Å².